The smallest absolute Gasteiger partial charge is 0.240 e. The molecule has 0 fully saturated rings. The van der Waals surface area contributed by atoms with Crippen LogP contribution < -0.4 is 9.46 Å². The molecule has 22 heavy (non-hydrogen) atoms. The van der Waals surface area contributed by atoms with Crippen molar-refractivity contribution in [1.82, 2.24) is 4.72 Å². The van der Waals surface area contributed by atoms with E-state index in [-0.39, 0.29) is 17.5 Å². The van der Waals surface area contributed by atoms with Crippen LogP contribution in [0.1, 0.15) is 24.8 Å². The van der Waals surface area contributed by atoms with Crippen LogP contribution in [0, 0.1) is 0 Å². The van der Waals surface area contributed by atoms with Gasteiger partial charge in [-0.05, 0) is 49.6 Å². The maximum Gasteiger partial charge on any atom is 0.240 e. The van der Waals surface area contributed by atoms with Crippen molar-refractivity contribution in [2.24, 2.45) is 0 Å². The molecule has 0 bridgehead atoms. The van der Waals surface area contributed by atoms with Crippen molar-refractivity contribution in [2.45, 2.75) is 31.0 Å². The van der Waals surface area contributed by atoms with Crippen molar-refractivity contribution in [3.8, 4) is 5.75 Å². The molecular weight excluding hydrogens is 322 g/mol. The van der Waals surface area contributed by atoms with E-state index in [4.69, 9.17) is 4.74 Å². The number of aliphatic hydroxyl groups excluding tert-OH is 1. The van der Waals surface area contributed by atoms with Gasteiger partial charge in [0.25, 0.3) is 0 Å². The van der Waals surface area contributed by atoms with Gasteiger partial charge in [-0.15, -0.1) is 11.3 Å². The zero-order chi connectivity index (χ0) is 16.2. The summed E-state index contributed by atoms with van der Waals surface area (Å²) in [4.78, 5) is 0.866. The van der Waals surface area contributed by atoms with Crippen LogP contribution in [0.4, 0.5) is 0 Å². The van der Waals surface area contributed by atoms with Gasteiger partial charge in [-0.3, -0.25) is 0 Å². The summed E-state index contributed by atoms with van der Waals surface area (Å²) in [5.74, 6) is 0.618. The van der Waals surface area contributed by atoms with Crippen molar-refractivity contribution in [3.63, 3.8) is 0 Å². The summed E-state index contributed by atoms with van der Waals surface area (Å²) in [5, 5.41) is 11.8. The minimum atomic E-state index is -3.65. The average molecular weight is 341 g/mol. The van der Waals surface area contributed by atoms with E-state index in [9.17, 15) is 13.5 Å². The molecule has 0 radical (unpaired) electrons. The van der Waals surface area contributed by atoms with Gasteiger partial charge in [0, 0.05) is 11.4 Å². The number of aliphatic hydroxyl groups is 1. The van der Waals surface area contributed by atoms with Gasteiger partial charge in [-0.25, -0.2) is 13.1 Å². The molecule has 0 spiro atoms. The lowest BCUT2D eigenvalue weighted by molar-refractivity contribution is 0.186. The van der Waals surface area contributed by atoms with E-state index in [2.05, 4.69) is 4.72 Å². The Labute approximate surface area is 134 Å². The first kappa shape index (κ1) is 17.0. The fourth-order valence-electron chi connectivity index (χ4n) is 1.82. The molecule has 0 aliphatic rings. The molecule has 0 aliphatic carbocycles. The van der Waals surface area contributed by atoms with E-state index < -0.39 is 16.1 Å². The molecule has 1 unspecified atom stereocenters. The molecular formula is C15H19NO4S2. The highest BCUT2D eigenvalue weighted by molar-refractivity contribution is 7.89. The molecule has 7 heteroatoms. The van der Waals surface area contributed by atoms with Gasteiger partial charge in [-0.1, -0.05) is 6.07 Å². The highest BCUT2D eigenvalue weighted by Gasteiger charge is 2.17. The summed E-state index contributed by atoms with van der Waals surface area (Å²) in [6, 6.07) is 9.77. The van der Waals surface area contributed by atoms with Crippen LogP contribution in [0.15, 0.2) is 46.7 Å². The van der Waals surface area contributed by atoms with E-state index in [1.165, 1.54) is 23.5 Å². The lowest BCUT2D eigenvalue weighted by Gasteiger charge is -2.12. The molecule has 120 valence electrons. The highest BCUT2D eigenvalue weighted by Crippen LogP contribution is 2.20. The second kappa shape index (κ2) is 7.23. The van der Waals surface area contributed by atoms with E-state index in [1.54, 1.807) is 18.2 Å². The maximum atomic E-state index is 12.2. The number of rotatable bonds is 7. The van der Waals surface area contributed by atoms with E-state index in [1.807, 2.05) is 25.3 Å². The second-order valence-corrected chi connectivity index (χ2v) is 7.77. The minimum absolute atomic E-state index is 0.0292. The third kappa shape index (κ3) is 4.54. The first-order chi connectivity index (χ1) is 10.4. The summed E-state index contributed by atoms with van der Waals surface area (Å²) in [6.07, 6.45) is -0.820. The van der Waals surface area contributed by atoms with Crippen molar-refractivity contribution >= 4 is 21.4 Å². The number of thiophene rings is 1. The van der Waals surface area contributed by atoms with Gasteiger partial charge >= 0.3 is 0 Å². The number of nitrogens with one attached hydrogen (secondary N) is 1. The molecule has 0 amide bonds. The third-order valence-corrected chi connectivity index (χ3v) is 5.26. The lowest BCUT2D eigenvalue weighted by atomic mass is 10.3. The summed E-state index contributed by atoms with van der Waals surface area (Å²) in [7, 11) is -3.65. The lowest BCUT2D eigenvalue weighted by Crippen LogP contribution is -2.28. The van der Waals surface area contributed by atoms with Gasteiger partial charge in [-0.2, -0.15) is 0 Å². The second-order valence-electron chi connectivity index (χ2n) is 5.02. The highest BCUT2D eigenvalue weighted by atomic mass is 32.2. The first-order valence-electron chi connectivity index (χ1n) is 6.86. The Kier molecular flexibility index (Phi) is 5.57. The molecule has 2 N–H and O–H groups in total. The van der Waals surface area contributed by atoms with Gasteiger partial charge in [0.15, 0.2) is 0 Å². The summed E-state index contributed by atoms with van der Waals surface area (Å²) in [6.45, 7) is 3.74. The fourth-order valence-corrected chi connectivity index (χ4v) is 3.57. The van der Waals surface area contributed by atoms with Gasteiger partial charge < -0.3 is 9.84 Å². The Balaban J connectivity index is 2.00. The maximum absolute atomic E-state index is 12.2. The van der Waals surface area contributed by atoms with Crippen molar-refractivity contribution in [1.29, 1.82) is 0 Å². The molecule has 1 heterocycles. The molecule has 5 nitrogen and oxygen atoms in total. The SMILES string of the molecule is CC(C)Oc1ccc(S(=O)(=O)NCC(O)c2cccs2)cc1. The summed E-state index contributed by atoms with van der Waals surface area (Å²) < 4.78 is 32.2. The number of hydrogen-bond acceptors (Lipinski definition) is 5. The van der Waals surface area contributed by atoms with Crippen molar-refractivity contribution < 1.29 is 18.3 Å². The van der Waals surface area contributed by atoms with Gasteiger partial charge in [0.05, 0.1) is 11.0 Å². The molecule has 0 saturated heterocycles. The van der Waals surface area contributed by atoms with Crippen LogP contribution in [0.25, 0.3) is 0 Å². The molecule has 2 aromatic rings. The predicted molar refractivity (Wildman–Crippen MR) is 86.7 cm³/mol. The zero-order valence-corrected chi connectivity index (χ0v) is 14.0. The van der Waals surface area contributed by atoms with Gasteiger partial charge in [0.2, 0.25) is 10.0 Å². The quantitative estimate of drug-likeness (QED) is 0.811. The van der Waals surface area contributed by atoms with Gasteiger partial charge in [0.1, 0.15) is 11.9 Å². The monoisotopic (exact) mass is 341 g/mol. The molecule has 1 aromatic heterocycles. The number of sulfonamides is 1. The first-order valence-corrected chi connectivity index (χ1v) is 9.22. The molecule has 2 rings (SSSR count). The Hall–Kier alpha value is -1.41. The third-order valence-electron chi connectivity index (χ3n) is 2.84. The predicted octanol–water partition coefficient (Wildman–Crippen LogP) is 2.55. The zero-order valence-electron chi connectivity index (χ0n) is 12.4. The Morgan fingerprint density at radius 2 is 1.91 bits per heavy atom. The van der Waals surface area contributed by atoms with Crippen molar-refractivity contribution in [3.05, 3.63) is 46.7 Å². The number of ether oxygens (including phenoxy) is 1. The standard InChI is InChI=1S/C15H19NO4S2/c1-11(2)20-12-5-7-13(8-6-12)22(18,19)16-10-14(17)15-4-3-9-21-15/h3-9,11,14,16-17H,10H2,1-2H3. The van der Waals surface area contributed by atoms with E-state index >= 15 is 0 Å². The van der Waals surface area contributed by atoms with Crippen LogP contribution in [0.2, 0.25) is 0 Å². The molecule has 0 saturated carbocycles. The fraction of sp³-hybridized carbons (Fsp3) is 0.333. The molecule has 1 aromatic carbocycles. The normalized spacial score (nSPS) is 13.3. The van der Waals surface area contributed by atoms with Crippen molar-refractivity contribution in [2.75, 3.05) is 6.54 Å². The van der Waals surface area contributed by atoms with E-state index in [0.717, 1.165) is 4.88 Å². The Morgan fingerprint density at radius 3 is 2.45 bits per heavy atom. The largest absolute Gasteiger partial charge is 0.491 e. The Morgan fingerprint density at radius 1 is 1.23 bits per heavy atom. The van der Waals surface area contributed by atoms with E-state index in [0.29, 0.717) is 5.75 Å². The number of benzene rings is 1. The summed E-state index contributed by atoms with van der Waals surface area (Å²) in [5.41, 5.74) is 0. The molecule has 1 atom stereocenters. The minimum Gasteiger partial charge on any atom is -0.491 e. The van der Waals surface area contributed by atoms with Crippen LogP contribution >= 0.6 is 11.3 Å². The Bertz CT molecular complexity index is 679. The topological polar surface area (TPSA) is 75.6 Å². The average Bonchev–Trinajstić information content (AvgIpc) is 2.99. The van der Waals surface area contributed by atoms with Crippen LogP contribution in [0.5, 0.6) is 5.75 Å². The number of hydrogen-bond donors (Lipinski definition) is 2. The van der Waals surface area contributed by atoms with Crippen LogP contribution in [0.3, 0.4) is 0 Å². The van der Waals surface area contributed by atoms with Crippen LogP contribution in [-0.2, 0) is 10.0 Å². The summed E-state index contributed by atoms with van der Waals surface area (Å²) >= 11 is 1.38. The molecule has 0 aliphatic heterocycles. The van der Waals surface area contributed by atoms with Crippen LogP contribution in [-0.4, -0.2) is 26.2 Å².